The van der Waals surface area contributed by atoms with Crippen LogP contribution < -0.4 is 10.9 Å². The first-order valence-electron chi connectivity index (χ1n) is 9.45. The molecule has 0 aromatic carbocycles. The van der Waals surface area contributed by atoms with Crippen LogP contribution in [-0.2, 0) is 16.8 Å². The average Bonchev–Trinajstić information content (AvgIpc) is 2.57. The first-order chi connectivity index (χ1) is 11.8. The molecule has 1 atom stereocenters. The van der Waals surface area contributed by atoms with Crippen molar-refractivity contribution in [3.05, 3.63) is 28.2 Å². The lowest BCUT2D eigenvalue weighted by Gasteiger charge is -2.38. The molecule has 1 unspecified atom stereocenters. The Hall–Kier alpha value is -1.69. The Balaban J connectivity index is 1.61. The van der Waals surface area contributed by atoms with E-state index in [0.717, 1.165) is 51.0 Å². The zero-order chi connectivity index (χ0) is 18.0. The quantitative estimate of drug-likeness (QED) is 0.901. The summed E-state index contributed by atoms with van der Waals surface area (Å²) in [4.78, 5) is 26.5. The Kier molecular flexibility index (Phi) is 5.27. The summed E-state index contributed by atoms with van der Waals surface area (Å²) in [6.45, 7) is 9.67. The zero-order valence-electron chi connectivity index (χ0n) is 15.6. The molecule has 2 aliphatic heterocycles. The molecule has 6 heteroatoms. The summed E-state index contributed by atoms with van der Waals surface area (Å²) in [5, 5.41) is 7.56. The number of amides is 1. The van der Waals surface area contributed by atoms with Crippen molar-refractivity contribution in [2.45, 2.75) is 64.5 Å². The molecule has 3 heterocycles. The molecule has 2 saturated heterocycles. The van der Waals surface area contributed by atoms with Gasteiger partial charge in [0.25, 0.3) is 5.56 Å². The summed E-state index contributed by atoms with van der Waals surface area (Å²) in [6, 6.07) is 3.51. The summed E-state index contributed by atoms with van der Waals surface area (Å²) < 4.78 is 1.63. The minimum atomic E-state index is -0.0623. The third kappa shape index (κ3) is 4.29. The van der Waals surface area contributed by atoms with Crippen LogP contribution in [0, 0.1) is 5.92 Å². The zero-order valence-corrected chi connectivity index (χ0v) is 15.6. The van der Waals surface area contributed by atoms with Crippen LogP contribution in [0.15, 0.2) is 16.9 Å². The summed E-state index contributed by atoms with van der Waals surface area (Å²) in [6.07, 6.45) is 4.05. The molecule has 0 aliphatic carbocycles. The van der Waals surface area contributed by atoms with Gasteiger partial charge in [0.15, 0.2) is 0 Å². The molecule has 25 heavy (non-hydrogen) atoms. The maximum Gasteiger partial charge on any atom is 0.266 e. The second kappa shape index (κ2) is 7.28. The summed E-state index contributed by atoms with van der Waals surface area (Å²) in [5.41, 5.74) is 0.859. The Bertz CT molecular complexity index is 669. The summed E-state index contributed by atoms with van der Waals surface area (Å²) in [7, 11) is 0. The minimum Gasteiger partial charge on any atom is -0.355 e. The molecule has 3 rings (SSSR count). The first kappa shape index (κ1) is 18.1. The van der Waals surface area contributed by atoms with E-state index in [4.69, 9.17) is 0 Å². The van der Waals surface area contributed by atoms with Gasteiger partial charge >= 0.3 is 0 Å². The average molecular weight is 346 g/mol. The molecular formula is C19H30N4O2. The normalized spacial score (nSPS) is 23.5. The molecular weight excluding hydrogens is 316 g/mol. The number of nitrogens with one attached hydrogen (secondary N) is 1. The number of likely N-dealkylation sites (tertiary alicyclic amines) is 1. The van der Waals surface area contributed by atoms with Crippen LogP contribution in [0.5, 0.6) is 0 Å². The Morgan fingerprint density at radius 2 is 1.88 bits per heavy atom. The molecule has 1 amide bonds. The highest BCUT2D eigenvalue weighted by Crippen LogP contribution is 2.23. The van der Waals surface area contributed by atoms with E-state index < -0.39 is 0 Å². The molecule has 6 nitrogen and oxygen atoms in total. The van der Waals surface area contributed by atoms with Crippen LogP contribution in [0.25, 0.3) is 0 Å². The van der Waals surface area contributed by atoms with E-state index in [1.54, 1.807) is 10.7 Å². The van der Waals surface area contributed by atoms with Crippen molar-refractivity contribution in [1.29, 1.82) is 0 Å². The third-order valence-electron chi connectivity index (χ3n) is 5.41. The van der Waals surface area contributed by atoms with E-state index in [1.807, 2.05) is 6.07 Å². The van der Waals surface area contributed by atoms with E-state index >= 15 is 0 Å². The van der Waals surface area contributed by atoms with Crippen LogP contribution in [0.1, 0.15) is 52.1 Å². The molecule has 2 fully saturated rings. The van der Waals surface area contributed by atoms with Crippen LogP contribution in [0.2, 0.25) is 0 Å². The number of hydrogen-bond donors (Lipinski definition) is 1. The molecule has 2 aliphatic rings. The van der Waals surface area contributed by atoms with Crippen molar-refractivity contribution in [2.75, 3.05) is 19.6 Å². The van der Waals surface area contributed by atoms with E-state index in [0.29, 0.717) is 12.5 Å². The molecule has 138 valence electrons. The van der Waals surface area contributed by atoms with Crippen molar-refractivity contribution in [3.63, 3.8) is 0 Å². The molecule has 0 bridgehead atoms. The van der Waals surface area contributed by atoms with E-state index in [1.165, 1.54) is 0 Å². The predicted octanol–water partition coefficient (Wildman–Crippen LogP) is 1.53. The van der Waals surface area contributed by atoms with Gasteiger partial charge in [-0.3, -0.25) is 14.5 Å². The van der Waals surface area contributed by atoms with Gasteiger partial charge in [-0.25, -0.2) is 4.68 Å². The third-order valence-corrected chi connectivity index (χ3v) is 5.41. The molecule has 0 saturated carbocycles. The van der Waals surface area contributed by atoms with E-state index in [-0.39, 0.29) is 22.9 Å². The number of aromatic nitrogens is 2. The van der Waals surface area contributed by atoms with Crippen LogP contribution in [0.4, 0.5) is 0 Å². The number of rotatable bonds is 3. The lowest BCUT2D eigenvalue weighted by Crippen LogP contribution is -2.53. The van der Waals surface area contributed by atoms with Gasteiger partial charge in [0.2, 0.25) is 5.91 Å². The molecule has 1 aromatic heterocycles. The van der Waals surface area contributed by atoms with E-state index in [9.17, 15) is 9.59 Å². The van der Waals surface area contributed by atoms with Gasteiger partial charge < -0.3 is 5.32 Å². The fourth-order valence-corrected chi connectivity index (χ4v) is 3.78. The highest BCUT2D eigenvalue weighted by Gasteiger charge is 2.31. The Morgan fingerprint density at radius 3 is 2.52 bits per heavy atom. The second-order valence-electron chi connectivity index (χ2n) is 8.42. The fraction of sp³-hybridized carbons (Fsp3) is 0.737. The molecule has 0 spiro atoms. The van der Waals surface area contributed by atoms with Crippen molar-refractivity contribution in [3.8, 4) is 0 Å². The summed E-state index contributed by atoms with van der Waals surface area (Å²) in [5.74, 6) is 0.629. The Morgan fingerprint density at radius 1 is 1.16 bits per heavy atom. The second-order valence-corrected chi connectivity index (χ2v) is 8.42. The predicted molar refractivity (Wildman–Crippen MR) is 97.5 cm³/mol. The fourth-order valence-electron chi connectivity index (χ4n) is 3.78. The lowest BCUT2D eigenvalue weighted by molar-refractivity contribution is -0.128. The van der Waals surface area contributed by atoms with Gasteiger partial charge in [0.05, 0.1) is 11.7 Å². The number of nitrogens with zero attached hydrogens (tertiary/aromatic N) is 3. The standard InChI is InChI=1S/C19H30N4O2/c1-19(2,3)16-6-7-17(24)23(21-16)13-14-8-11-22(12-9-14)15-5-4-10-20-18(15)25/h6-7,14-15H,4-5,8-13H2,1-3H3,(H,20,25). The van der Waals surface area contributed by atoms with Gasteiger partial charge in [-0.15, -0.1) is 0 Å². The number of carbonyl (C=O) groups is 1. The van der Waals surface area contributed by atoms with Gasteiger partial charge in [-0.2, -0.15) is 5.10 Å². The Labute approximate surface area is 149 Å². The molecule has 0 radical (unpaired) electrons. The first-order valence-corrected chi connectivity index (χ1v) is 9.45. The van der Waals surface area contributed by atoms with Gasteiger partial charge in [-0.05, 0) is 50.8 Å². The number of carbonyl (C=O) groups excluding carboxylic acids is 1. The highest BCUT2D eigenvalue weighted by atomic mass is 16.2. The van der Waals surface area contributed by atoms with Gasteiger partial charge in [-0.1, -0.05) is 20.8 Å². The smallest absolute Gasteiger partial charge is 0.266 e. The number of piperidine rings is 2. The van der Waals surface area contributed by atoms with Crippen molar-refractivity contribution in [1.82, 2.24) is 20.0 Å². The maximum atomic E-state index is 12.2. The van der Waals surface area contributed by atoms with Gasteiger partial charge in [0.1, 0.15) is 0 Å². The SMILES string of the molecule is CC(C)(C)c1ccc(=O)n(CC2CCN(C3CCCNC3=O)CC2)n1. The lowest BCUT2D eigenvalue weighted by atomic mass is 9.92. The minimum absolute atomic E-state index is 0.0258. The topological polar surface area (TPSA) is 67.2 Å². The monoisotopic (exact) mass is 346 g/mol. The summed E-state index contributed by atoms with van der Waals surface area (Å²) >= 11 is 0. The van der Waals surface area contributed by atoms with Crippen molar-refractivity contribution >= 4 is 5.91 Å². The van der Waals surface area contributed by atoms with E-state index in [2.05, 4.69) is 36.1 Å². The largest absolute Gasteiger partial charge is 0.355 e. The van der Waals surface area contributed by atoms with Crippen LogP contribution in [0.3, 0.4) is 0 Å². The molecule has 1 N–H and O–H groups in total. The number of hydrogen-bond acceptors (Lipinski definition) is 4. The van der Waals surface area contributed by atoms with Crippen molar-refractivity contribution < 1.29 is 4.79 Å². The van der Waals surface area contributed by atoms with Crippen LogP contribution in [-0.4, -0.2) is 46.3 Å². The van der Waals surface area contributed by atoms with Crippen LogP contribution >= 0.6 is 0 Å². The van der Waals surface area contributed by atoms with Crippen molar-refractivity contribution in [2.24, 2.45) is 5.92 Å². The molecule has 1 aromatic rings. The van der Waals surface area contributed by atoms with Gasteiger partial charge in [0, 0.05) is 24.6 Å². The maximum absolute atomic E-state index is 12.2. The highest BCUT2D eigenvalue weighted by molar-refractivity contribution is 5.82.